The van der Waals surface area contributed by atoms with Crippen molar-refractivity contribution in [1.82, 2.24) is 11.0 Å². The molecule has 0 aromatic rings. The van der Waals surface area contributed by atoms with Gasteiger partial charge in [-0.1, -0.05) is 6.42 Å². The molecule has 0 aromatic heterocycles. The fourth-order valence-electron chi connectivity index (χ4n) is 1.60. The molecular formula is C8H19N2O3Si. The molecule has 1 atom stereocenters. The summed E-state index contributed by atoms with van der Waals surface area (Å²) in [6.07, 6.45) is 3.14. The highest BCUT2D eigenvalue weighted by molar-refractivity contribution is 6.52. The number of nitrogens with one attached hydrogen (secondary N) is 2. The highest BCUT2D eigenvalue weighted by Gasteiger charge is 2.21. The van der Waals surface area contributed by atoms with E-state index >= 15 is 0 Å². The van der Waals surface area contributed by atoms with Gasteiger partial charge in [-0.15, -0.1) is 0 Å². The molecule has 1 heterocycles. The average molecular weight is 219 g/mol. The summed E-state index contributed by atoms with van der Waals surface area (Å²) in [5.74, 6) is 0. The van der Waals surface area contributed by atoms with Crippen LogP contribution in [0.5, 0.6) is 0 Å². The van der Waals surface area contributed by atoms with Crippen molar-refractivity contribution in [2.75, 3.05) is 13.2 Å². The summed E-state index contributed by atoms with van der Waals surface area (Å²) in [6, 6.07) is 2.12. The molecule has 1 rings (SSSR count). The molecule has 5 nitrogen and oxygen atoms in total. The summed E-state index contributed by atoms with van der Waals surface area (Å²) >= 11 is 0. The molecule has 0 aliphatic carbocycles. The predicted molar refractivity (Wildman–Crippen MR) is 53.7 cm³/mol. The molecular weight excluding hydrogens is 200 g/mol. The maximum Gasteiger partial charge on any atom is 0.213 e. The Hall–Kier alpha value is 0.0169. The quantitative estimate of drug-likeness (QED) is 0.387. The van der Waals surface area contributed by atoms with Crippen LogP contribution in [0.2, 0.25) is 12.1 Å². The molecule has 1 radical (unpaired) electrons. The van der Waals surface area contributed by atoms with Gasteiger partial charge in [-0.25, -0.2) is 11.0 Å². The summed E-state index contributed by atoms with van der Waals surface area (Å²) in [5.41, 5.74) is 4.37. The number of hydrogen-bond acceptors (Lipinski definition) is 5. The van der Waals surface area contributed by atoms with Crippen LogP contribution in [0.1, 0.15) is 19.3 Å². The fraction of sp³-hybridized carbons (Fsp3) is 1.00. The molecule has 6 heteroatoms. The Kier molecular flexibility index (Phi) is 6.33. The Morgan fingerprint density at radius 3 is 2.79 bits per heavy atom. The molecule has 0 amide bonds. The van der Waals surface area contributed by atoms with E-state index in [0.717, 1.165) is 12.7 Å². The van der Waals surface area contributed by atoms with Crippen molar-refractivity contribution in [3.63, 3.8) is 0 Å². The zero-order chi connectivity index (χ0) is 10.2. The monoisotopic (exact) mass is 219 g/mol. The van der Waals surface area contributed by atoms with Crippen molar-refractivity contribution in [2.45, 2.75) is 37.4 Å². The molecule has 14 heavy (non-hydrogen) atoms. The number of hydrogen-bond donors (Lipinski definition) is 4. The van der Waals surface area contributed by atoms with Gasteiger partial charge in [0.25, 0.3) is 0 Å². The van der Waals surface area contributed by atoms with E-state index in [4.69, 9.17) is 14.8 Å². The lowest BCUT2D eigenvalue weighted by molar-refractivity contribution is 0.111. The van der Waals surface area contributed by atoms with Crippen molar-refractivity contribution in [3.05, 3.63) is 0 Å². The molecule has 0 saturated carbocycles. The van der Waals surface area contributed by atoms with Crippen molar-refractivity contribution in [3.8, 4) is 0 Å². The van der Waals surface area contributed by atoms with Gasteiger partial charge < -0.3 is 14.8 Å². The largest absolute Gasteiger partial charge is 0.417 e. The first-order valence-corrected chi connectivity index (χ1v) is 6.93. The maximum absolute atomic E-state index is 8.88. The molecule has 4 N–H and O–H groups in total. The van der Waals surface area contributed by atoms with Crippen molar-refractivity contribution in [1.29, 1.82) is 0 Å². The fourth-order valence-corrected chi connectivity index (χ4v) is 3.99. The van der Waals surface area contributed by atoms with Crippen molar-refractivity contribution < 1.29 is 14.8 Å². The van der Waals surface area contributed by atoms with Gasteiger partial charge in [0.2, 0.25) is 9.04 Å². The Balaban J connectivity index is 2.16. The standard InChI is InChI=1S/C8H19N2O3Si/c11-9-4-3-8(10-12)7-14-6-2-1-5-13-14/h8-12H,1-7H2. The first-order valence-electron chi connectivity index (χ1n) is 5.11. The second-order valence-corrected chi connectivity index (χ2v) is 5.85. The van der Waals surface area contributed by atoms with Crippen molar-refractivity contribution in [2.24, 2.45) is 0 Å². The molecule has 1 fully saturated rings. The third-order valence-electron chi connectivity index (χ3n) is 2.42. The second kappa shape index (κ2) is 7.33. The topological polar surface area (TPSA) is 73.8 Å². The summed E-state index contributed by atoms with van der Waals surface area (Å²) in [7, 11) is -0.721. The second-order valence-electron chi connectivity index (χ2n) is 3.57. The summed E-state index contributed by atoms with van der Waals surface area (Å²) in [6.45, 7) is 1.37. The average Bonchev–Trinajstić information content (AvgIpc) is 2.25. The third-order valence-corrected chi connectivity index (χ3v) is 4.89. The van der Waals surface area contributed by atoms with Gasteiger partial charge in [0.1, 0.15) is 0 Å². The Labute approximate surface area is 86.1 Å². The van der Waals surface area contributed by atoms with E-state index < -0.39 is 9.04 Å². The van der Waals surface area contributed by atoms with Gasteiger partial charge in [-0.05, 0) is 24.9 Å². The molecule has 1 unspecified atom stereocenters. The van der Waals surface area contributed by atoms with Gasteiger partial charge in [0.05, 0.1) is 0 Å². The lowest BCUT2D eigenvalue weighted by Gasteiger charge is -2.24. The van der Waals surface area contributed by atoms with E-state index in [9.17, 15) is 0 Å². The molecule has 0 aromatic carbocycles. The first-order chi connectivity index (χ1) is 6.86. The van der Waals surface area contributed by atoms with Gasteiger partial charge >= 0.3 is 0 Å². The molecule has 83 valence electrons. The van der Waals surface area contributed by atoms with Crippen LogP contribution >= 0.6 is 0 Å². The smallest absolute Gasteiger partial charge is 0.213 e. The summed E-state index contributed by atoms with van der Waals surface area (Å²) < 4.78 is 5.66. The van der Waals surface area contributed by atoms with Crippen LogP contribution in [0.4, 0.5) is 0 Å². The van der Waals surface area contributed by atoms with E-state index in [2.05, 4.69) is 11.0 Å². The first kappa shape index (κ1) is 12.1. The minimum Gasteiger partial charge on any atom is -0.417 e. The molecule has 1 aliphatic heterocycles. The number of hydroxylamine groups is 2. The minimum absolute atomic E-state index is 0.0432. The van der Waals surface area contributed by atoms with E-state index in [0.29, 0.717) is 13.0 Å². The van der Waals surface area contributed by atoms with Gasteiger partial charge in [-0.2, -0.15) is 0 Å². The van der Waals surface area contributed by atoms with E-state index in [1.807, 2.05) is 0 Å². The molecule has 0 bridgehead atoms. The van der Waals surface area contributed by atoms with Crippen LogP contribution in [-0.4, -0.2) is 38.6 Å². The molecule has 1 saturated heterocycles. The number of rotatable bonds is 6. The molecule has 0 spiro atoms. The van der Waals surface area contributed by atoms with Gasteiger partial charge in [-0.3, -0.25) is 0 Å². The Bertz CT molecular complexity index is 145. The van der Waals surface area contributed by atoms with E-state index in [1.165, 1.54) is 18.9 Å². The third kappa shape index (κ3) is 4.49. The van der Waals surface area contributed by atoms with Crippen LogP contribution in [-0.2, 0) is 4.43 Å². The van der Waals surface area contributed by atoms with E-state index in [-0.39, 0.29) is 6.04 Å². The van der Waals surface area contributed by atoms with Crippen LogP contribution in [0.15, 0.2) is 0 Å². The maximum atomic E-state index is 8.88. The van der Waals surface area contributed by atoms with Crippen LogP contribution < -0.4 is 11.0 Å². The predicted octanol–water partition coefficient (Wildman–Crippen LogP) is 0.505. The summed E-state index contributed by atoms with van der Waals surface area (Å²) in [5, 5.41) is 17.3. The summed E-state index contributed by atoms with van der Waals surface area (Å²) in [4.78, 5) is 0. The lowest BCUT2D eigenvalue weighted by Crippen LogP contribution is -2.36. The van der Waals surface area contributed by atoms with Crippen LogP contribution in [0.3, 0.4) is 0 Å². The van der Waals surface area contributed by atoms with Gasteiger partial charge in [0, 0.05) is 19.2 Å². The Morgan fingerprint density at radius 1 is 1.36 bits per heavy atom. The van der Waals surface area contributed by atoms with E-state index in [1.54, 1.807) is 0 Å². The molecule has 1 aliphatic rings. The highest BCUT2D eigenvalue weighted by Crippen LogP contribution is 2.16. The van der Waals surface area contributed by atoms with Crippen LogP contribution in [0, 0.1) is 0 Å². The lowest BCUT2D eigenvalue weighted by atomic mass is 10.2. The Morgan fingerprint density at radius 2 is 2.21 bits per heavy atom. The van der Waals surface area contributed by atoms with Crippen LogP contribution in [0.25, 0.3) is 0 Å². The minimum atomic E-state index is -0.721. The van der Waals surface area contributed by atoms with Crippen molar-refractivity contribution >= 4 is 9.04 Å². The normalized spacial score (nSPS) is 21.0. The zero-order valence-electron chi connectivity index (χ0n) is 8.33. The highest BCUT2D eigenvalue weighted by atomic mass is 28.3. The SMILES string of the molecule is ONCCC(C[Si]1CCCCO1)NO. The van der Waals surface area contributed by atoms with Gasteiger partial charge in [0.15, 0.2) is 0 Å². The zero-order valence-corrected chi connectivity index (χ0v) is 9.33.